The van der Waals surface area contributed by atoms with Crippen molar-refractivity contribution < 1.29 is 4.74 Å². The first-order chi connectivity index (χ1) is 15.8. The van der Waals surface area contributed by atoms with E-state index in [0.717, 1.165) is 36.3 Å². The minimum atomic E-state index is 0.730. The maximum Gasteiger partial charge on any atom is 0.119 e. The monoisotopic (exact) mass is 435 g/mol. The molecule has 0 radical (unpaired) electrons. The van der Waals surface area contributed by atoms with E-state index in [0.29, 0.717) is 0 Å². The number of unbranched alkanes of at least 4 members (excludes halogenated alkanes) is 6. The summed E-state index contributed by atoms with van der Waals surface area (Å²) in [5.74, 6) is 2.69. The molecule has 1 aromatic carbocycles. The molecule has 0 atom stereocenters. The van der Waals surface area contributed by atoms with Gasteiger partial charge in [-0.1, -0.05) is 84.1 Å². The molecule has 0 unspecified atom stereocenters. The van der Waals surface area contributed by atoms with Crippen LogP contribution >= 0.6 is 0 Å². The summed E-state index contributed by atoms with van der Waals surface area (Å²) in [7, 11) is 0. The highest BCUT2D eigenvalue weighted by atomic mass is 16.5. The zero-order valence-corrected chi connectivity index (χ0v) is 20.7. The van der Waals surface area contributed by atoms with Crippen LogP contribution in [0.4, 0.5) is 0 Å². The largest absolute Gasteiger partial charge is 0.493 e. The SMILES string of the molecule is CCCCCCc1ccc(-c2ccc(OC[C@H]3CC[C@H](CCCCCC)CC3)cc2)nc1. The van der Waals surface area contributed by atoms with Gasteiger partial charge in [0.25, 0.3) is 0 Å². The lowest BCUT2D eigenvalue weighted by atomic mass is 9.80. The highest BCUT2D eigenvalue weighted by Crippen LogP contribution is 2.32. The number of rotatable bonds is 14. The first-order valence-electron chi connectivity index (χ1n) is 13.5. The number of nitrogens with zero attached hydrogens (tertiary/aromatic N) is 1. The molecule has 1 aliphatic rings. The molecule has 0 spiro atoms. The number of ether oxygens (including phenoxy) is 1. The Morgan fingerprint density at radius 1 is 0.750 bits per heavy atom. The van der Waals surface area contributed by atoms with Gasteiger partial charge in [0.2, 0.25) is 0 Å². The highest BCUT2D eigenvalue weighted by Gasteiger charge is 2.21. The Morgan fingerprint density at radius 3 is 2.09 bits per heavy atom. The maximum atomic E-state index is 6.15. The number of aromatic nitrogens is 1. The lowest BCUT2D eigenvalue weighted by molar-refractivity contribution is 0.177. The molecular weight excluding hydrogens is 390 g/mol. The summed E-state index contributed by atoms with van der Waals surface area (Å²) in [6.45, 7) is 5.42. The van der Waals surface area contributed by atoms with Gasteiger partial charge >= 0.3 is 0 Å². The topological polar surface area (TPSA) is 22.1 Å². The van der Waals surface area contributed by atoms with Crippen LogP contribution in [0, 0.1) is 11.8 Å². The van der Waals surface area contributed by atoms with Crippen molar-refractivity contribution in [1.82, 2.24) is 4.98 Å². The second-order valence-electron chi connectivity index (χ2n) is 9.93. The van der Waals surface area contributed by atoms with Gasteiger partial charge in [-0.2, -0.15) is 0 Å². The van der Waals surface area contributed by atoms with Crippen molar-refractivity contribution in [3.8, 4) is 17.0 Å². The molecule has 1 saturated carbocycles. The Bertz CT molecular complexity index is 728. The number of hydrogen-bond donors (Lipinski definition) is 0. The minimum absolute atomic E-state index is 0.730. The van der Waals surface area contributed by atoms with E-state index in [1.165, 1.54) is 94.6 Å². The van der Waals surface area contributed by atoms with E-state index in [-0.39, 0.29) is 0 Å². The van der Waals surface area contributed by atoms with Crippen LogP contribution in [0.5, 0.6) is 5.75 Å². The Kier molecular flexibility index (Phi) is 11.1. The standard InChI is InChI=1S/C30H45NO/c1-3-5-7-9-11-25-13-15-27(16-14-25)24-32-29-20-18-28(19-21-29)30-22-17-26(23-31-30)12-10-8-6-4-2/h17-23,25,27H,3-16,24H2,1-2H3/t25-,27-. The molecule has 1 aromatic heterocycles. The average Bonchev–Trinajstić information content (AvgIpc) is 2.85. The molecule has 0 aliphatic heterocycles. The highest BCUT2D eigenvalue weighted by molar-refractivity contribution is 5.60. The molecule has 3 rings (SSSR count). The quantitative estimate of drug-likeness (QED) is 0.276. The van der Waals surface area contributed by atoms with Crippen molar-refractivity contribution in [3.63, 3.8) is 0 Å². The fraction of sp³-hybridized carbons (Fsp3) is 0.633. The Labute approximate surface area is 197 Å². The first-order valence-corrected chi connectivity index (χ1v) is 13.5. The minimum Gasteiger partial charge on any atom is -0.493 e. The van der Waals surface area contributed by atoms with E-state index in [2.05, 4.69) is 50.2 Å². The summed E-state index contributed by atoms with van der Waals surface area (Å²) in [4.78, 5) is 4.69. The third-order valence-corrected chi connectivity index (χ3v) is 7.21. The molecule has 1 heterocycles. The van der Waals surface area contributed by atoms with Crippen LogP contribution in [-0.4, -0.2) is 11.6 Å². The molecule has 2 nitrogen and oxygen atoms in total. The van der Waals surface area contributed by atoms with Crippen molar-refractivity contribution in [2.24, 2.45) is 11.8 Å². The van der Waals surface area contributed by atoms with E-state index >= 15 is 0 Å². The van der Waals surface area contributed by atoms with E-state index in [9.17, 15) is 0 Å². The molecule has 0 bridgehead atoms. The predicted octanol–water partition coefficient (Wildman–Crippen LogP) is 9.03. The Hall–Kier alpha value is -1.83. The predicted molar refractivity (Wildman–Crippen MR) is 137 cm³/mol. The smallest absolute Gasteiger partial charge is 0.119 e. The fourth-order valence-electron chi connectivity index (χ4n) is 4.98. The molecule has 0 amide bonds. The van der Waals surface area contributed by atoms with Crippen LogP contribution in [0.25, 0.3) is 11.3 Å². The van der Waals surface area contributed by atoms with E-state index in [1.54, 1.807) is 0 Å². The van der Waals surface area contributed by atoms with Crippen molar-refractivity contribution >= 4 is 0 Å². The van der Waals surface area contributed by atoms with Crippen molar-refractivity contribution in [3.05, 3.63) is 48.2 Å². The van der Waals surface area contributed by atoms with E-state index in [4.69, 9.17) is 9.72 Å². The summed E-state index contributed by atoms with van der Waals surface area (Å²) >= 11 is 0. The molecule has 1 fully saturated rings. The van der Waals surface area contributed by atoms with Crippen molar-refractivity contribution in [1.29, 1.82) is 0 Å². The maximum absolute atomic E-state index is 6.15. The van der Waals surface area contributed by atoms with Crippen LogP contribution in [0.2, 0.25) is 0 Å². The summed E-state index contributed by atoms with van der Waals surface area (Å²) in [5, 5.41) is 0. The number of benzene rings is 1. The van der Waals surface area contributed by atoms with Crippen LogP contribution in [0.1, 0.15) is 103 Å². The lowest BCUT2D eigenvalue weighted by Crippen LogP contribution is -2.20. The Balaban J connectivity index is 1.37. The summed E-state index contributed by atoms with van der Waals surface area (Å²) in [6.07, 6.45) is 20.9. The van der Waals surface area contributed by atoms with Gasteiger partial charge in [0, 0.05) is 11.8 Å². The van der Waals surface area contributed by atoms with Crippen LogP contribution in [0.15, 0.2) is 42.6 Å². The zero-order valence-electron chi connectivity index (χ0n) is 20.7. The van der Waals surface area contributed by atoms with Crippen LogP contribution in [-0.2, 0) is 6.42 Å². The molecule has 0 saturated heterocycles. The van der Waals surface area contributed by atoms with E-state index in [1.807, 2.05) is 6.20 Å². The normalized spacial score (nSPS) is 18.6. The fourth-order valence-corrected chi connectivity index (χ4v) is 4.98. The van der Waals surface area contributed by atoms with Gasteiger partial charge in [-0.15, -0.1) is 0 Å². The Morgan fingerprint density at radius 2 is 1.44 bits per heavy atom. The van der Waals surface area contributed by atoms with Gasteiger partial charge in [-0.3, -0.25) is 4.98 Å². The van der Waals surface area contributed by atoms with Crippen LogP contribution in [0.3, 0.4) is 0 Å². The summed E-state index contributed by atoms with van der Waals surface area (Å²) in [5.41, 5.74) is 3.56. The number of hydrogen-bond acceptors (Lipinski definition) is 2. The molecular formula is C30H45NO. The first kappa shape index (κ1) is 24.8. The van der Waals surface area contributed by atoms with Gasteiger partial charge in [0.1, 0.15) is 5.75 Å². The number of pyridine rings is 1. The van der Waals surface area contributed by atoms with Gasteiger partial charge in [-0.25, -0.2) is 0 Å². The number of aryl methyl sites for hydroxylation is 1. The summed E-state index contributed by atoms with van der Waals surface area (Å²) < 4.78 is 6.15. The lowest BCUT2D eigenvalue weighted by Gasteiger charge is -2.28. The molecule has 176 valence electrons. The van der Waals surface area contributed by atoms with Gasteiger partial charge < -0.3 is 4.74 Å². The second-order valence-corrected chi connectivity index (χ2v) is 9.93. The van der Waals surface area contributed by atoms with E-state index < -0.39 is 0 Å². The molecule has 32 heavy (non-hydrogen) atoms. The second kappa shape index (κ2) is 14.3. The zero-order chi connectivity index (χ0) is 22.4. The molecule has 0 N–H and O–H groups in total. The third kappa shape index (κ3) is 8.60. The van der Waals surface area contributed by atoms with Gasteiger partial charge in [-0.05, 0) is 73.4 Å². The average molecular weight is 436 g/mol. The van der Waals surface area contributed by atoms with Crippen molar-refractivity contribution in [2.45, 2.75) is 104 Å². The third-order valence-electron chi connectivity index (χ3n) is 7.21. The van der Waals surface area contributed by atoms with Crippen LogP contribution < -0.4 is 4.74 Å². The summed E-state index contributed by atoms with van der Waals surface area (Å²) in [6, 6.07) is 12.9. The molecule has 2 heteroatoms. The molecule has 2 aromatic rings. The van der Waals surface area contributed by atoms with Gasteiger partial charge in [0.15, 0.2) is 0 Å². The molecule has 1 aliphatic carbocycles. The van der Waals surface area contributed by atoms with Gasteiger partial charge in [0.05, 0.1) is 12.3 Å². The van der Waals surface area contributed by atoms with Crippen molar-refractivity contribution in [2.75, 3.05) is 6.61 Å².